The standard InChI is InChI=1S/C24H27N2O2/c1-18(2)22-7-6-19(3)17-23(22)28-24(27)5-4-14-26-15-10-21(11-16-26)20-8-12-25-13-9-20/h6-13,15-18H,4-5,14H2,1-3H3/q+1. The Balaban J connectivity index is 1.53. The molecular formula is C24H27N2O2+. The van der Waals surface area contributed by atoms with Crippen LogP contribution in [0.4, 0.5) is 0 Å². The van der Waals surface area contributed by atoms with Crippen molar-refractivity contribution in [1.29, 1.82) is 0 Å². The zero-order chi connectivity index (χ0) is 19.9. The number of pyridine rings is 2. The van der Waals surface area contributed by atoms with Gasteiger partial charge in [-0.25, -0.2) is 4.57 Å². The average Bonchev–Trinajstić information content (AvgIpc) is 2.69. The number of benzene rings is 1. The molecule has 0 radical (unpaired) electrons. The van der Waals surface area contributed by atoms with E-state index in [2.05, 4.69) is 41.6 Å². The maximum absolute atomic E-state index is 12.3. The maximum Gasteiger partial charge on any atom is 0.311 e. The van der Waals surface area contributed by atoms with E-state index in [1.807, 2.05) is 43.6 Å². The van der Waals surface area contributed by atoms with Gasteiger partial charge in [-0.05, 0) is 53.3 Å². The van der Waals surface area contributed by atoms with E-state index in [0.29, 0.717) is 18.1 Å². The smallest absolute Gasteiger partial charge is 0.311 e. The molecule has 0 N–H and O–H groups in total. The molecule has 28 heavy (non-hydrogen) atoms. The topological polar surface area (TPSA) is 43.1 Å². The van der Waals surface area contributed by atoms with E-state index in [-0.39, 0.29) is 5.97 Å². The van der Waals surface area contributed by atoms with Gasteiger partial charge < -0.3 is 4.74 Å². The van der Waals surface area contributed by atoms with Gasteiger partial charge in [-0.3, -0.25) is 9.78 Å². The zero-order valence-corrected chi connectivity index (χ0v) is 16.8. The number of carbonyl (C=O) groups excluding carboxylic acids is 1. The molecular weight excluding hydrogens is 348 g/mol. The van der Waals surface area contributed by atoms with E-state index in [9.17, 15) is 4.79 Å². The predicted molar refractivity (Wildman–Crippen MR) is 110 cm³/mol. The molecule has 0 aliphatic carbocycles. The van der Waals surface area contributed by atoms with Gasteiger partial charge in [0.25, 0.3) is 0 Å². The molecule has 144 valence electrons. The van der Waals surface area contributed by atoms with Crippen LogP contribution >= 0.6 is 0 Å². The lowest BCUT2D eigenvalue weighted by atomic mass is 10.0. The van der Waals surface area contributed by atoms with E-state index in [1.165, 1.54) is 0 Å². The first-order valence-corrected chi connectivity index (χ1v) is 9.73. The molecule has 0 aliphatic rings. The maximum atomic E-state index is 12.3. The lowest BCUT2D eigenvalue weighted by molar-refractivity contribution is -0.697. The summed E-state index contributed by atoms with van der Waals surface area (Å²) in [6.45, 7) is 6.99. The molecule has 3 rings (SSSR count). The number of esters is 1. The number of rotatable bonds is 7. The van der Waals surface area contributed by atoms with Crippen LogP contribution in [0.2, 0.25) is 0 Å². The van der Waals surface area contributed by atoms with Crippen LogP contribution < -0.4 is 9.30 Å². The van der Waals surface area contributed by atoms with E-state index >= 15 is 0 Å². The van der Waals surface area contributed by atoms with Gasteiger partial charge in [0.05, 0.1) is 6.42 Å². The first-order chi connectivity index (χ1) is 13.5. The summed E-state index contributed by atoms with van der Waals surface area (Å²) in [4.78, 5) is 16.3. The summed E-state index contributed by atoms with van der Waals surface area (Å²) in [5, 5.41) is 0. The van der Waals surface area contributed by atoms with Crippen LogP contribution in [0, 0.1) is 6.92 Å². The van der Waals surface area contributed by atoms with Crippen LogP contribution in [0.15, 0.2) is 67.3 Å². The quantitative estimate of drug-likeness (QED) is 0.337. The molecule has 1 aromatic carbocycles. The van der Waals surface area contributed by atoms with Crippen LogP contribution in [0.3, 0.4) is 0 Å². The number of carbonyl (C=O) groups is 1. The molecule has 0 bridgehead atoms. The highest BCUT2D eigenvalue weighted by atomic mass is 16.5. The Bertz CT molecular complexity index is 919. The minimum Gasteiger partial charge on any atom is -0.426 e. The summed E-state index contributed by atoms with van der Waals surface area (Å²) in [6.07, 6.45) is 8.80. The van der Waals surface area contributed by atoms with Crippen LogP contribution in [-0.4, -0.2) is 11.0 Å². The molecule has 2 aromatic heterocycles. The van der Waals surface area contributed by atoms with Crippen molar-refractivity contribution in [2.24, 2.45) is 0 Å². The molecule has 0 aliphatic heterocycles. The van der Waals surface area contributed by atoms with Crippen molar-refractivity contribution in [2.45, 2.75) is 46.1 Å². The van der Waals surface area contributed by atoms with E-state index < -0.39 is 0 Å². The summed E-state index contributed by atoms with van der Waals surface area (Å²) in [5.74, 6) is 0.828. The summed E-state index contributed by atoms with van der Waals surface area (Å²) in [5.41, 5.74) is 4.46. The molecule has 0 saturated heterocycles. The van der Waals surface area contributed by atoms with Gasteiger partial charge >= 0.3 is 5.97 Å². The monoisotopic (exact) mass is 375 g/mol. The number of hydrogen-bond acceptors (Lipinski definition) is 3. The number of aryl methyl sites for hydroxylation is 2. The number of hydrogen-bond donors (Lipinski definition) is 0. The van der Waals surface area contributed by atoms with Crippen molar-refractivity contribution in [1.82, 2.24) is 4.98 Å². The van der Waals surface area contributed by atoms with Crippen molar-refractivity contribution >= 4 is 5.97 Å². The Hall–Kier alpha value is -3.01. The number of nitrogens with zero attached hydrogens (tertiary/aromatic N) is 2. The Morgan fingerprint density at radius 1 is 1.04 bits per heavy atom. The lowest BCUT2D eigenvalue weighted by Crippen LogP contribution is -2.32. The highest BCUT2D eigenvalue weighted by Crippen LogP contribution is 2.27. The predicted octanol–water partition coefficient (Wildman–Crippen LogP) is 4.85. The Kier molecular flexibility index (Phi) is 6.53. The molecule has 3 aromatic rings. The third-order valence-corrected chi connectivity index (χ3v) is 4.72. The summed E-state index contributed by atoms with van der Waals surface area (Å²) < 4.78 is 7.74. The first kappa shape index (κ1) is 19.7. The summed E-state index contributed by atoms with van der Waals surface area (Å²) >= 11 is 0. The normalized spacial score (nSPS) is 10.9. The second-order valence-electron chi connectivity index (χ2n) is 7.33. The van der Waals surface area contributed by atoms with Gasteiger partial charge in [0.2, 0.25) is 0 Å². The highest BCUT2D eigenvalue weighted by Gasteiger charge is 2.13. The van der Waals surface area contributed by atoms with Crippen molar-refractivity contribution in [2.75, 3.05) is 0 Å². The molecule has 0 amide bonds. The molecule has 0 unspecified atom stereocenters. The van der Waals surface area contributed by atoms with Gasteiger partial charge in [-0.2, -0.15) is 0 Å². The Labute approximate surface area is 166 Å². The van der Waals surface area contributed by atoms with Crippen molar-refractivity contribution < 1.29 is 14.1 Å². The zero-order valence-electron chi connectivity index (χ0n) is 16.8. The number of ether oxygens (including phenoxy) is 1. The fourth-order valence-corrected chi connectivity index (χ4v) is 3.13. The molecule has 0 atom stereocenters. The van der Waals surface area contributed by atoms with E-state index in [0.717, 1.165) is 35.2 Å². The van der Waals surface area contributed by atoms with Gasteiger partial charge in [0.1, 0.15) is 12.3 Å². The minimum absolute atomic E-state index is 0.179. The Morgan fingerprint density at radius 3 is 2.39 bits per heavy atom. The van der Waals surface area contributed by atoms with E-state index in [1.54, 1.807) is 12.4 Å². The SMILES string of the molecule is Cc1ccc(C(C)C)c(OC(=O)CCC[n+]2ccc(-c3ccncc3)cc2)c1. The van der Waals surface area contributed by atoms with Crippen molar-refractivity contribution in [3.8, 4) is 16.9 Å². The average molecular weight is 375 g/mol. The van der Waals surface area contributed by atoms with Crippen molar-refractivity contribution in [3.63, 3.8) is 0 Å². The largest absolute Gasteiger partial charge is 0.426 e. The van der Waals surface area contributed by atoms with Gasteiger partial charge in [0.15, 0.2) is 12.4 Å². The second kappa shape index (κ2) is 9.27. The minimum atomic E-state index is -0.179. The molecule has 0 saturated carbocycles. The third-order valence-electron chi connectivity index (χ3n) is 4.72. The Morgan fingerprint density at radius 2 is 1.71 bits per heavy atom. The van der Waals surface area contributed by atoms with Crippen LogP contribution in [0.25, 0.3) is 11.1 Å². The molecule has 2 heterocycles. The summed E-state index contributed by atoms with van der Waals surface area (Å²) in [6, 6.07) is 14.2. The van der Waals surface area contributed by atoms with Crippen molar-refractivity contribution in [3.05, 3.63) is 78.4 Å². The van der Waals surface area contributed by atoms with Gasteiger partial charge in [-0.15, -0.1) is 0 Å². The van der Waals surface area contributed by atoms with Gasteiger partial charge in [0, 0.05) is 30.9 Å². The molecule has 0 fully saturated rings. The van der Waals surface area contributed by atoms with Crippen LogP contribution in [0.1, 0.15) is 43.7 Å². The van der Waals surface area contributed by atoms with Crippen LogP contribution in [0.5, 0.6) is 5.75 Å². The van der Waals surface area contributed by atoms with Crippen LogP contribution in [-0.2, 0) is 11.3 Å². The molecule has 4 heteroatoms. The molecule has 0 spiro atoms. The molecule has 4 nitrogen and oxygen atoms in total. The van der Waals surface area contributed by atoms with E-state index in [4.69, 9.17) is 4.74 Å². The number of aromatic nitrogens is 2. The lowest BCUT2D eigenvalue weighted by Gasteiger charge is -2.13. The first-order valence-electron chi connectivity index (χ1n) is 9.73. The van der Waals surface area contributed by atoms with Gasteiger partial charge in [-0.1, -0.05) is 26.0 Å². The highest BCUT2D eigenvalue weighted by molar-refractivity contribution is 5.72. The summed E-state index contributed by atoms with van der Waals surface area (Å²) in [7, 11) is 0. The third kappa shape index (κ3) is 5.26. The fraction of sp³-hybridized carbons (Fsp3) is 0.292. The fourth-order valence-electron chi connectivity index (χ4n) is 3.13. The second-order valence-corrected chi connectivity index (χ2v) is 7.33.